The van der Waals surface area contributed by atoms with Crippen molar-refractivity contribution in [3.8, 4) is 0 Å². The van der Waals surface area contributed by atoms with E-state index in [-0.39, 0.29) is 24.2 Å². The van der Waals surface area contributed by atoms with Crippen LogP contribution in [0, 0.1) is 0 Å². The van der Waals surface area contributed by atoms with Crippen molar-refractivity contribution in [3.05, 3.63) is 34.9 Å². The molecular formula is C15H21ClN2O2S. The quantitative estimate of drug-likeness (QED) is 0.902. The second-order valence-electron chi connectivity index (χ2n) is 5.42. The van der Waals surface area contributed by atoms with Crippen LogP contribution in [0.25, 0.3) is 0 Å². The van der Waals surface area contributed by atoms with Crippen LogP contribution in [0.5, 0.6) is 0 Å². The summed E-state index contributed by atoms with van der Waals surface area (Å²) in [5.74, 6) is 0.543. The van der Waals surface area contributed by atoms with Gasteiger partial charge in [-0.15, -0.1) is 0 Å². The molecule has 116 valence electrons. The Bertz CT molecular complexity index is 552. The topological polar surface area (TPSA) is 49.4 Å². The number of rotatable bonds is 5. The fraction of sp³-hybridized carbons (Fsp3) is 0.533. The van der Waals surface area contributed by atoms with E-state index in [1.807, 2.05) is 38.1 Å². The van der Waals surface area contributed by atoms with E-state index in [0.717, 1.165) is 12.0 Å². The number of benzene rings is 1. The Morgan fingerprint density at radius 1 is 1.48 bits per heavy atom. The number of carbonyl (C=O) groups is 1. The second-order valence-corrected chi connectivity index (χ2v) is 7.34. The molecule has 1 heterocycles. The number of amides is 1. The van der Waals surface area contributed by atoms with Crippen LogP contribution >= 0.6 is 11.6 Å². The lowest BCUT2D eigenvalue weighted by molar-refractivity contribution is -0.131. The van der Waals surface area contributed by atoms with Gasteiger partial charge in [-0.05, 0) is 31.0 Å². The summed E-state index contributed by atoms with van der Waals surface area (Å²) in [6.45, 7) is 3.92. The highest BCUT2D eigenvalue weighted by molar-refractivity contribution is 7.84. The first-order chi connectivity index (χ1) is 9.93. The maximum atomic E-state index is 12.6. The maximum absolute atomic E-state index is 12.6. The standard InChI is InChI=1S/C15H21ClN2O2S/c1-4-13-15(19)18(10(2)9-21(3)20)14(17-13)11-6-5-7-12(16)8-11/h5-8,10,13-14,17H,4,9H2,1-3H3. The first-order valence-electron chi connectivity index (χ1n) is 7.07. The molecule has 4 atom stereocenters. The zero-order valence-electron chi connectivity index (χ0n) is 12.5. The minimum Gasteiger partial charge on any atom is -0.318 e. The van der Waals surface area contributed by atoms with Crippen LogP contribution in [0.4, 0.5) is 0 Å². The number of carbonyl (C=O) groups excluding carboxylic acids is 1. The molecule has 1 fully saturated rings. The summed E-state index contributed by atoms with van der Waals surface area (Å²) in [6, 6.07) is 7.24. The molecule has 4 nitrogen and oxygen atoms in total. The Labute approximate surface area is 133 Å². The van der Waals surface area contributed by atoms with Crippen molar-refractivity contribution in [2.45, 2.75) is 38.5 Å². The van der Waals surface area contributed by atoms with Crippen LogP contribution < -0.4 is 5.32 Å². The van der Waals surface area contributed by atoms with Crippen molar-refractivity contribution in [1.82, 2.24) is 10.2 Å². The van der Waals surface area contributed by atoms with Gasteiger partial charge >= 0.3 is 0 Å². The zero-order valence-corrected chi connectivity index (χ0v) is 14.1. The highest BCUT2D eigenvalue weighted by Gasteiger charge is 2.41. The lowest BCUT2D eigenvalue weighted by Crippen LogP contribution is -2.41. The second kappa shape index (κ2) is 6.90. The summed E-state index contributed by atoms with van der Waals surface area (Å²) in [5, 5.41) is 4.00. The average Bonchev–Trinajstić information content (AvgIpc) is 2.75. The molecule has 0 saturated carbocycles. The van der Waals surface area contributed by atoms with E-state index >= 15 is 0 Å². The van der Waals surface area contributed by atoms with Gasteiger partial charge in [0.1, 0.15) is 6.17 Å². The Balaban J connectivity index is 2.32. The van der Waals surface area contributed by atoms with Gasteiger partial charge in [-0.2, -0.15) is 0 Å². The minimum atomic E-state index is -0.943. The third-order valence-corrected chi connectivity index (χ3v) is 4.90. The van der Waals surface area contributed by atoms with Gasteiger partial charge in [0.15, 0.2) is 0 Å². The van der Waals surface area contributed by atoms with Gasteiger partial charge in [-0.25, -0.2) is 0 Å². The third-order valence-electron chi connectivity index (χ3n) is 3.71. The van der Waals surface area contributed by atoms with Gasteiger partial charge in [-0.3, -0.25) is 14.3 Å². The number of nitrogens with one attached hydrogen (secondary N) is 1. The first kappa shape index (κ1) is 16.5. The smallest absolute Gasteiger partial charge is 0.241 e. The first-order valence-corrected chi connectivity index (χ1v) is 9.18. The van der Waals surface area contributed by atoms with Gasteiger partial charge < -0.3 is 4.90 Å². The molecule has 0 aromatic heterocycles. The predicted molar refractivity (Wildman–Crippen MR) is 86.6 cm³/mol. The molecule has 1 N–H and O–H groups in total. The molecule has 1 aliphatic heterocycles. The normalized spacial score (nSPS) is 25.1. The molecule has 0 spiro atoms. The van der Waals surface area contributed by atoms with Gasteiger partial charge in [0.25, 0.3) is 0 Å². The van der Waals surface area contributed by atoms with Crippen LogP contribution in [0.15, 0.2) is 24.3 Å². The fourth-order valence-electron chi connectivity index (χ4n) is 2.77. The summed E-state index contributed by atoms with van der Waals surface area (Å²) in [4.78, 5) is 14.4. The predicted octanol–water partition coefficient (Wildman–Crippen LogP) is 2.32. The number of halogens is 1. The molecule has 1 aromatic rings. The van der Waals surface area contributed by atoms with E-state index < -0.39 is 10.8 Å². The molecule has 6 heteroatoms. The Morgan fingerprint density at radius 2 is 2.19 bits per heavy atom. The monoisotopic (exact) mass is 328 g/mol. The molecule has 4 unspecified atom stereocenters. The van der Waals surface area contributed by atoms with Crippen molar-refractivity contribution in [2.24, 2.45) is 0 Å². The zero-order chi connectivity index (χ0) is 15.6. The highest BCUT2D eigenvalue weighted by atomic mass is 35.5. The van der Waals surface area contributed by atoms with Gasteiger partial charge in [-0.1, -0.05) is 30.7 Å². The SMILES string of the molecule is CCC1NC(c2cccc(Cl)c2)N(C(C)CS(C)=O)C1=O. The van der Waals surface area contributed by atoms with Crippen LogP contribution in [-0.4, -0.2) is 39.1 Å². The summed E-state index contributed by atoms with van der Waals surface area (Å²) in [7, 11) is -0.943. The third kappa shape index (κ3) is 3.65. The van der Waals surface area contributed by atoms with Gasteiger partial charge in [0.2, 0.25) is 5.91 Å². The summed E-state index contributed by atoms with van der Waals surface area (Å²) in [5.41, 5.74) is 0.959. The van der Waals surface area contributed by atoms with E-state index in [0.29, 0.717) is 10.8 Å². The Morgan fingerprint density at radius 3 is 2.76 bits per heavy atom. The van der Waals surface area contributed by atoms with Gasteiger partial charge in [0, 0.05) is 33.9 Å². The van der Waals surface area contributed by atoms with E-state index in [2.05, 4.69) is 5.32 Å². The molecular weight excluding hydrogens is 308 g/mol. The minimum absolute atomic E-state index is 0.0698. The molecule has 0 radical (unpaired) electrons. The molecule has 21 heavy (non-hydrogen) atoms. The van der Waals surface area contributed by atoms with E-state index in [9.17, 15) is 9.00 Å². The molecule has 0 aliphatic carbocycles. The largest absolute Gasteiger partial charge is 0.318 e. The molecule has 0 bridgehead atoms. The van der Waals surface area contributed by atoms with E-state index in [1.54, 1.807) is 11.2 Å². The Hall–Kier alpha value is -0.910. The van der Waals surface area contributed by atoms with Crippen LogP contribution in [0.1, 0.15) is 32.0 Å². The Kier molecular flexibility index (Phi) is 5.41. The number of hydrogen-bond acceptors (Lipinski definition) is 3. The summed E-state index contributed by atoms with van der Waals surface area (Å²) in [6.07, 6.45) is 2.18. The summed E-state index contributed by atoms with van der Waals surface area (Å²) >= 11 is 6.06. The van der Waals surface area contributed by atoms with Crippen molar-refractivity contribution in [2.75, 3.05) is 12.0 Å². The van der Waals surface area contributed by atoms with E-state index in [1.165, 1.54) is 0 Å². The molecule has 1 aromatic carbocycles. The lowest BCUT2D eigenvalue weighted by Gasteiger charge is -2.30. The molecule has 1 amide bonds. The van der Waals surface area contributed by atoms with Crippen LogP contribution in [0.2, 0.25) is 5.02 Å². The number of hydrogen-bond donors (Lipinski definition) is 1. The highest BCUT2D eigenvalue weighted by Crippen LogP contribution is 2.30. The molecule has 2 rings (SSSR count). The fourth-order valence-corrected chi connectivity index (χ4v) is 3.81. The van der Waals surface area contributed by atoms with E-state index in [4.69, 9.17) is 11.6 Å². The van der Waals surface area contributed by atoms with Crippen molar-refractivity contribution < 1.29 is 9.00 Å². The number of nitrogens with zero attached hydrogens (tertiary/aromatic N) is 1. The van der Waals surface area contributed by atoms with Crippen LogP contribution in [0.3, 0.4) is 0 Å². The van der Waals surface area contributed by atoms with Gasteiger partial charge in [0.05, 0.1) is 6.04 Å². The molecule has 1 saturated heterocycles. The van der Waals surface area contributed by atoms with Crippen LogP contribution in [-0.2, 0) is 15.6 Å². The maximum Gasteiger partial charge on any atom is 0.241 e. The van der Waals surface area contributed by atoms with Crippen molar-refractivity contribution in [1.29, 1.82) is 0 Å². The molecule has 1 aliphatic rings. The lowest BCUT2D eigenvalue weighted by atomic mass is 10.1. The van der Waals surface area contributed by atoms with Crippen molar-refractivity contribution in [3.63, 3.8) is 0 Å². The summed E-state index contributed by atoms with van der Waals surface area (Å²) < 4.78 is 11.5. The average molecular weight is 329 g/mol. The van der Waals surface area contributed by atoms with Crippen molar-refractivity contribution >= 4 is 28.3 Å².